The number of benzene rings is 3. The Hall–Kier alpha value is -4.72. The van der Waals surface area contributed by atoms with Gasteiger partial charge in [0.15, 0.2) is 17.3 Å². The molecule has 0 unspecified atom stereocenters. The van der Waals surface area contributed by atoms with Gasteiger partial charge in [0, 0.05) is 40.6 Å². The third-order valence-corrected chi connectivity index (χ3v) is 7.73. The molecule has 1 heterocycles. The first-order valence-corrected chi connectivity index (χ1v) is 13.4. The van der Waals surface area contributed by atoms with Crippen LogP contribution in [0.4, 0.5) is 5.69 Å². The van der Waals surface area contributed by atoms with Gasteiger partial charge in [-0.15, -0.1) is 0 Å². The maximum absolute atomic E-state index is 14.0. The average molecular weight is 555 g/mol. The van der Waals surface area contributed by atoms with E-state index in [9.17, 15) is 9.59 Å². The molecule has 1 amide bonds. The number of hydrogen-bond donors (Lipinski definition) is 2. The highest BCUT2D eigenvalue weighted by Crippen LogP contribution is 2.47. The van der Waals surface area contributed by atoms with Crippen LogP contribution >= 0.6 is 0 Å². The lowest BCUT2D eigenvalue weighted by atomic mass is 9.71. The number of nitrogens with one attached hydrogen (secondary N) is 2. The molecule has 1 aliphatic carbocycles. The van der Waals surface area contributed by atoms with Crippen LogP contribution < -0.4 is 29.6 Å². The van der Waals surface area contributed by atoms with Gasteiger partial charge in [0.1, 0.15) is 11.5 Å². The number of ether oxygens (including phenoxy) is 4. The molecule has 1 aliphatic heterocycles. The summed E-state index contributed by atoms with van der Waals surface area (Å²) in [6.07, 6.45) is 0.921. The van der Waals surface area contributed by atoms with E-state index in [0.717, 1.165) is 16.8 Å². The Kier molecular flexibility index (Phi) is 8.01. The van der Waals surface area contributed by atoms with Gasteiger partial charge >= 0.3 is 0 Å². The van der Waals surface area contributed by atoms with Crippen LogP contribution in [0.15, 0.2) is 89.3 Å². The van der Waals surface area contributed by atoms with Crippen molar-refractivity contribution in [2.45, 2.75) is 31.6 Å². The Labute approximate surface area is 240 Å². The number of dihydropyridines is 1. The molecular formula is C33H34N2O6. The van der Waals surface area contributed by atoms with Gasteiger partial charge in [-0.1, -0.05) is 18.2 Å². The summed E-state index contributed by atoms with van der Waals surface area (Å²) in [6.45, 7) is 1.88. The van der Waals surface area contributed by atoms with Gasteiger partial charge in [-0.25, -0.2) is 0 Å². The van der Waals surface area contributed by atoms with Crippen LogP contribution in [-0.2, 0) is 9.59 Å². The quantitative estimate of drug-likeness (QED) is 0.368. The number of ketones is 1. The first-order chi connectivity index (χ1) is 19.9. The number of amides is 1. The van der Waals surface area contributed by atoms with Gasteiger partial charge in [0.25, 0.3) is 5.91 Å². The van der Waals surface area contributed by atoms with Gasteiger partial charge in [-0.2, -0.15) is 0 Å². The van der Waals surface area contributed by atoms with Crippen molar-refractivity contribution in [3.63, 3.8) is 0 Å². The largest absolute Gasteiger partial charge is 0.497 e. The number of rotatable bonds is 8. The Bertz CT molecular complexity index is 1540. The van der Waals surface area contributed by atoms with Crippen molar-refractivity contribution in [3.8, 4) is 23.0 Å². The molecule has 41 heavy (non-hydrogen) atoms. The zero-order valence-electron chi connectivity index (χ0n) is 23.9. The standard InChI is InChI=1S/C33H34N2O6/c1-19-30(33(37)35-23-10-12-24(38-2)13-11-23)31(21-7-6-8-25(15-21)39-3)32-26(34-19)16-22(17-27(32)36)20-9-14-28(40-4)29(18-20)41-5/h6-15,18,22,31,34H,16-17H2,1-5H3,(H,35,37)/t22-,31+/m1/s1. The SMILES string of the molecule is COc1ccc(NC(=O)C2=C(C)NC3=C(C(=O)C[C@H](c4ccc(OC)c(OC)c4)C3)[C@H]2c2cccc(OC)c2)cc1. The maximum Gasteiger partial charge on any atom is 0.254 e. The van der Waals surface area contributed by atoms with Crippen LogP contribution in [0.3, 0.4) is 0 Å². The Balaban J connectivity index is 1.54. The maximum atomic E-state index is 14.0. The van der Waals surface area contributed by atoms with E-state index in [-0.39, 0.29) is 17.6 Å². The van der Waals surface area contributed by atoms with Crippen LogP contribution in [0.5, 0.6) is 23.0 Å². The first-order valence-electron chi connectivity index (χ1n) is 13.4. The van der Waals surface area contributed by atoms with E-state index in [1.54, 1.807) is 52.7 Å². The van der Waals surface area contributed by atoms with E-state index < -0.39 is 5.92 Å². The number of carbonyl (C=O) groups is 2. The second kappa shape index (κ2) is 11.8. The lowest BCUT2D eigenvalue weighted by molar-refractivity contribution is -0.116. The number of anilines is 1. The van der Waals surface area contributed by atoms with Crippen LogP contribution in [-0.4, -0.2) is 40.1 Å². The normalized spacial score (nSPS) is 18.3. The van der Waals surface area contributed by atoms with Crippen molar-refractivity contribution in [3.05, 3.63) is 100 Å². The lowest BCUT2D eigenvalue weighted by Crippen LogP contribution is -2.37. The van der Waals surface area contributed by atoms with Gasteiger partial charge in [-0.3, -0.25) is 9.59 Å². The summed E-state index contributed by atoms with van der Waals surface area (Å²) in [5, 5.41) is 6.44. The summed E-state index contributed by atoms with van der Waals surface area (Å²) in [6, 6.07) is 20.5. The van der Waals surface area contributed by atoms with Crippen molar-refractivity contribution in [1.29, 1.82) is 0 Å². The summed E-state index contributed by atoms with van der Waals surface area (Å²) in [7, 11) is 6.39. The molecular weight excluding hydrogens is 520 g/mol. The zero-order valence-corrected chi connectivity index (χ0v) is 23.9. The molecule has 2 aliphatic rings. The van der Waals surface area contributed by atoms with Gasteiger partial charge in [-0.05, 0) is 78.9 Å². The number of methoxy groups -OCH3 is 4. The number of hydrogen-bond acceptors (Lipinski definition) is 7. The molecule has 8 heteroatoms. The van der Waals surface area contributed by atoms with Crippen molar-refractivity contribution in [2.75, 3.05) is 33.8 Å². The summed E-state index contributed by atoms with van der Waals surface area (Å²) in [5.41, 5.74) is 5.06. The molecule has 5 rings (SSSR count). The van der Waals surface area contributed by atoms with Crippen molar-refractivity contribution in [2.24, 2.45) is 0 Å². The average Bonchev–Trinajstić information content (AvgIpc) is 3.00. The van der Waals surface area contributed by atoms with E-state index in [1.165, 1.54) is 0 Å². The van der Waals surface area contributed by atoms with E-state index >= 15 is 0 Å². The fraction of sp³-hybridized carbons (Fsp3) is 0.273. The van der Waals surface area contributed by atoms with Gasteiger partial charge in [0.05, 0.1) is 28.4 Å². The lowest BCUT2D eigenvalue weighted by Gasteiger charge is -2.37. The van der Waals surface area contributed by atoms with E-state index in [0.29, 0.717) is 58.4 Å². The second-order valence-corrected chi connectivity index (χ2v) is 10.1. The van der Waals surface area contributed by atoms with Gasteiger partial charge < -0.3 is 29.6 Å². The molecule has 0 spiro atoms. The first kappa shape index (κ1) is 27.8. The molecule has 0 radical (unpaired) electrons. The van der Waals surface area contributed by atoms with Crippen LogP contribution in [0.1, 0.15) is 42.7 Å². The molecule has 3 aromatic carbocycles. The van der Waals surface area contributed by atoms with Gasteiger partial charge in [0.2, 0.25) is 0 Å². The molecule has 8 nitrogen and oxygen atoms in total. The highest BCUT2D eigenvalue weighted by molar-refractivity contribution is 6.10. The fourth-order valence-corrected chi connectivity index (χ4v) is 5.71. The Morgan fingerprint density at radius 2 is 1.54 bits per heavy atom. The fourth-order valence-electron chi connectivity index (χ4n) is 5.71. The molecule has 0 saturated carbocycles. The van der Waals surface area contributed by atoms with Crippen LogP contribution in [0.2, 0.25) is 0 Å². The second-order valence-electron chi connectivity index (χ2n) is 10.1. The molecule has 0 bridgehead atoms. The minimum atomic E-state index is -0.557. The smallest absolute Gasteiger partial charge is 0.254 e. The topological polar surface area (TPSA) is 95.1 Å². The van der Waals surface area contributed by atoms with Crippen molar-refractivity contribution in [1.82, 2.24) is 5.32 Å². The monoisotopic (exact) mass is 554 g/mol. The molecule has 212 valence electrons. The zero-order chi connectivity index (χ0) is 29.1. The highest BCUT2D eigenvalue weighted by atomic mass is 16.5. The third kappa shape index (κ3) is 5.50. The van der Waals surface area contributed by atoms with Crippen LogP contribution in [0.25, 0.3) is 0 Å². The minimum absolute atomic E-state index is 0.00592. The van der Waals surface area contributed by atoms with E-state index in [4.69, 9.17) is 18.9 Å². The molecule has 0 saturated heterocycles. The van der Waals surface area contributed by atoms with E-state index in [1.807, 2.05) is 49.4 Å². The molecule has 2 atom stereocenters. The number of Topliss-reactive ketones (excluding diaryl/α,β-unsaturated/α-hetero) is 1. The minimum Gasteiger partial charge on any atom is -0.497 e. The van der Waals surface area contributed by atoms with Crippen molar-refractivity contribution >= 4 is 17.4 Å². The summed E-state index contributed by atoms with van der Waals surface area (Å²) < 4.78 is 21.6. The summed E-state index contributed by atoms with van der Waals surface area (Å²) in [5.74, 6) is 1.71. The summed E-state index contributed by atoms with van der Waals surface area (Å²) >= 11 is 0. The molecule has 3 aromatic rings. The molecule has 0 aromatic heterocycles. The highest BCUT2D eigenvalue weighted by Gasteiger charge is 2.41. The summed E-state index contributed by atoms with van der Waals surface area (Å²) in [4.78, 5) is 27.8. The number of carbonyl (C=O) groups excluding carboxylic acids is 2. The predicted molar refractivity (Wildman–Crippen MR) is 157 cm³/mol. The Morgan fingerprint density at radius 1 is 0.805 bits per heavy atom. The third-order valence-electron chi connectivity index (χ3n) is 7.73. The molecule has 2 N–H and O–H groups in total. The Morgan fingerprint density at radius 3 is 2.22 bits per heavy atom. The number of allylic oxidation sites excluding steroid dienone is 3. The van der Waals surface area contributed by atoms with E-state index in [2.05, 4.69) is 10.6 Å². The van der Waals surface area contributed by atoms with Crippen LogP contribution in [0, 0.1) is 0 Å². The predicted octanol–water partition coefficient (Wildman–Crippen LogP) is 5.72. The van der Waals surface area contributed by atoms with Crippen molar-refractivity contribution < 1.29 is 28.5 Å². The molecule has 0 fully saturated rings.